The molecule has 0 aliphatic carbocycles. The molecule has 1 atom stereocenters. The number of benzene rings is 1. The summed E-state index contributed by atoms with van der Waals surface area (Å²) < 4.78 is 20.3. The molecule has 23 heavy (non-hydrogen) atoms. The smallest absolute Gasteiger partial charge is 0.257 e. The molecule has 0 saturated heterocycles. The summed E-state index contributed by atoms with van der Waals surface area (Å²) in [4.78, 5) is 14.1. The summed E-state index contributed by atoms with van der Waals surface area (Å²) in [6.45, 7) is 2.23. The van der Waals surface area contributed by atoms with Crippen molar-refractivity contribution >= 4 is 5.91 Å². The molecule has 2 aromatic rings. The van der Waals surface area contributed by atoms with E-state index in [-0.39, 0.29) is 24.4 Å². The fourth-order valence-electron chi connectivity index (χ4n) is 2.70. The number of nitrogens with one attached hydrogen (secondary N) is 1. The van der Waals surface area contributed by atoms with Crippen molar-refractivity contribution in [3.05, 3.63) is 54.1 Å². The number of nitrogens with zero attached hydrogens (tertiary/aromatic N) is 2. The number of amides is 1. The van der Waals surface area contributed by atoms with Gasteiger partial charge in [0, 0.05) is 37.6 Å². The third-order valence-electron chi connectivity index (χ3n) is 4.08. The topological polar surface area (TPSA) is 46.5 Å². The van der Waals surface area contributed by atoms with Crippen molar-refractivity contribution < 1.29 is 13.9 Å². The third-order valence-corrected chi connectivity index (χ3v) is 4.08. The second-order valence-electron chi connectivity index (χ2n) is 5.77. The van der Waals surface area contributed by atoms with Crippen LogP contribution in [0.25, 0.3) is 0 Å². The first kappa shape index (κ1) is 15.6. The molecule has 0 radical (unpaired) electrons. The minimum atomic E-state index is -0.327. The van der Waals surface area contributed by atoms with E-state index in [9.17, 15) is 9.18 Å². The van der Waals surface area contributed by atoms with Crippen LogP contribution in [0.5, 0.6) is 5.75 Å². The maximum Gasteiger partial charge on any atom is 0.257 e. The number of hydrogen-bond donors (Lipinski definition) is 1. The summed E-state index contributed by atoms with van der Waals surface area (Å²) in [7, 11) is 2.06. The fraction of sp³-hybridized carbons (Fsp3) is 0.353. The summed E-state index contributed by atoms with van der Waals surface area (Å²) in [6.07, 6.45) is 2.06. The van der Waals surface area contributed by atoms with Crippen molar-refractivity contribution in [2.75, 3.05) is 20.2 Å². The summed E-state index contributed by atoms with van der Waals surface area (Å²) in [5.74, 6) is -0.0270. The van der Waals surface area contributed by atoms with E-state index in [0.29, 0.717) is 12.3 Å². The first-order valence-electron chi connectivity index (χ1n) is 7.61. The van der Waals surface area contributed by atoms with Gasteiger partial charge in [-0.1, -0.05) is 0 Å². The van der Waals surface area contributed by atoms with Gasteiger partial charge in [0.15, 0.2) is 6.61 Å². The molecule has 0 saturated carbocycles. The molecule has 122 valence electrons. The van der Waals surface area contributed by atoms with Gasteiger partial charge in [-0.05, 0) is 43.4 Å². The van der Waals surface area contributed by atoms with Crippen molar-refractivity contribution in [1.29, 1.82) is 0 Å². The number of rotatable bonds is 5. The zero-order valence-corrected chi connectivity index (χ0v) is 13.0. The third kappa shape index (κ3) is 3.90. The molecule has 1 aliphatic rings. The van der Waals surface area contributed by atoms with Crippen molar-refractivity contribution in [2.45, 2.75) is 19.1 Å². The first-order chi connectivity index (χ1) is 11.1. The number of hydrogen-bond acceptors (Lipinski definition) is 3. The number of halogens is 1. The van der Waals surface area contributed by atoms with E-state index >= 15 is 0 Å². The van der Waals surface area contributed by atoms with Gasteiger partial charge in [-0.3, -0.25) is 9.69 Å². The van der Waals surface area contributed by atoms with Crippen molar-refractivity contribution in [1.82, 2.24) is 14.8 Å². The quantitative estimate of drug-likeness (QED) is 0.912. The monoisotopic (exact) mass is 317 g/mol. The molecule has 0 bridgehead atoms. The lowest BCUT2D eigenvalue weighted by Gasteiger charge is -2.34. The normalized spacial score (nSPS) is 17.6. The van der Waals surface area contributed by atoms with Gasteiger partial charge in [0.2, 0.25) is 0 Å². The SMILES string of the molecule is CN1Cc2cccn2CC1CNC(=O)COc1ccc(F)cc1. The van der Waals surface area contributed by atoms with Gasteiger partial charge in [-0.2, -0.15) is 0 Å². The van der Waals surface area contributed by atoms with E-state index in [1.165, 1.54) is 30.0 Å². The molecule has 0 fully saturated rings. The van der Waals surface area contributed by atoms with Gasteiger partial charge in [-0.15, -0.1) is 0 Å². The number of ether oxygens (including phenoxy) is 1. The predicted octanol–water partition coefficient (Wildman–Crippen LogP) is 1.64. The zero-order chi connectivity index (χ0) is 16.2. The van der Waals surface area contributed by atoms with Gasteiger partial charge in [-0.25, -0.2) is 4.39 Å². The van der Waals surface area contributed by atoms with E-state index in [4.69, 9.17) is 4.74 Å². The Morgan fingerprint density at radius 2 is 2.13 bits per heavy atom. The Labute approximate surface area is 134 Å². The minimum Gasteiger partial charge on any atom is -0.484 e. The molecule has 1 amide bonds. The largest absolute Gasteiger partial charge is 0.484 e. The molecule has 1 aromatic carbocycles. The molecule has 1 aromatic heterocycles. The molecule has 1 unspecified atom stereocenters. The van der Waals surface area contributed by atoms with Gasteiger partial charge in [0.25, 0.3) is 5.91 Å². The highest BCUT2D eigenvalue weighted by atomic mass is 19.1. The first-order valence-corrected chi connectivity index (χ1v) is 7.61. The molecule has 5 nitrogen and oxygen atoms in total. The molecule has 1 N–H and O–H groups in total. The molecule has 1 aliphatic heterocycles. The highest BCUT2D eigenvalue weighted by Gasteiger charge is 2.22. The van der Waals surface area contributed by atoms with Crippen LogP contribution in [-0.4, -0.2) is 41.6 Å². The van der Waals surface area contributed by atoms with Gasteiger partial charge in [0.05, 0.1) is 0 Å². The number of fused-ring (bicyclic) bond motifs is 1. The van der Waals surface area contributed by atoms with Crippen LogP contribution in [0.15, 0.2) is 42.6 Å². The average molecular weight is 317 g/mol. The minimum absolute atomic E-state index is 0.0726. The highest BCUT2D eigenvalue weighted by molar-refractivity contribution is 5.77. The van der Waals surface area contributed by atoms with Gasteiger partial charge in [0.1, 0.15) is 11.6 Å². The summed E-state index contributed by atoms with van der Waals surface area (Å²) in [6, 6.07) is 10.0. The van der Waals surface area contributed by atoms with Crippen LogP contribution in [0, 0.1) is 5.82 Å². The lowest BCUT2D eigenvalue weighted by atomic mass is 10.2. The number of aromatic nitrogens is 1. The van der Waals surface area contributed by atoms with Crippen molar-refractivity contribution in [3.8, 4) is 5.75 Å². The Balaban J connectivity index is 1.45. The highest BCUT2D eigenvalue weighted by Crippen LogP contribution is 2.16. The second-order valence-corrected chi connectivity index (χ2v) is 5.77. The number of carbonyl (C=O) groups is 1. The molecule has 0 spiro atoms. The second kappa shape index (κ2) is 6.83. The lowest BCUT2D eigenvalue weighted by Crippen LogP contribution is -2.47. The van der Waals surface area contributed by atoms with Crippen molar-refractivity contribution in [2.24, 2.45) is 0 Å². The summed E-state index contributed by atoms with van der Waals surface area (Å²) in [5.41, 5.74) is 1.29. The Morgan fingerprint density at radius 3 is 2.91 bits per heavy atom. The van der Waals surface area contributed by atoms with E-state index < -0.39 is 0 Å². The summed E-state index contributed by atoms with van der Waals surface area (Å²) in [5, 5.41) is 2.89. The van der Waals surface area contributed by atoms with E-state index in [2.05, 4.69) is 34.1 Å². The van der Waals surface area contributed by atoms with Crippen LogP contribution in [-0.2, 0) is 17.9 Å². The molecule has 2 heterocycles. The lowest BCUT2D eigenvalue weighted by molar-refractivity contribution is -0.123. The molecule has 3 rings (SSSR count). The van der Waals surface area contributed by atoms with Crippen LogP contribution < -0.4 is 10.1 Å². The summed E-state index contributed by atoms with van der Waals surface area (Å²) >= 11 is 0. The number of carbonyl (C=O) groups excluding carboxylic acids is 1. The van der Waals surface area contributed by atoms with E-state index in [1.54, 1.807) is 0 Å². The average Bonchev–Trinajstić information content (AvgIpc) is 2.99. The predicted molar refractivity (Wildman–Crippen MR) is 84.6 cm³/mol. The maximum atomic E-state index is 12.8. The standard InChI is InChI=1S/C17H20FN3O2/c1-20-10-14-3-2-8-21(14)11-15(20)9-19-17(22)12-23-16-6-4-13(18)5-7-16/h2-8,15H,9-12H2,1H3,(H,19,22). The van der Waals surface area contributed by atoms with Crippen LogP contribution in [0.4, 0.5) is 4.39 Å². The van der Waals surface area contributed by atoms with Crippen LogP contribution >= 0.6 is 0 Å². The van der Waals surface area contributed by atoms with Crippen LogP contribution in [0.2, 0.25) is 0 Å². The van der Waals surface area contributed by atoms with E-state index in [1.807, 2.05) is 6.07 Å². The Morgan fingerprint density at radius 1 is 1.35 bits per heavy atom. The molecular weight excluding hydrogens is 297 g/mol. The fourth-order valence-corrected chi connectivity index (χ4v) is 2.70. The Kier molecular flexibility index (Phi) is 4.62. The van der Waals surface area contributed by atoms with E-state index in [0.717, 1.165) is 13.1 Å². The van der Waals surface area contributed by atoms with Gasteiger partial charge < -0.3 is 14.6 Å². The van der Waals surface area contributed by atoms with Gasteiger partial charge >= 0.3 is 0 Å². The maximum absolute atomic E-state index is 12.8. The van der Waals surface area contributed by atoms with Crippen molar-refractivity contribution in [3.63, 3.8) is 0 Å². The Hall–Kier alpha value is -2.34. The number of likely N-dealkylation sites (N-methyl/N-ethyl adjacent to an activating group) is 1. The van der Waals surface area contributed by atoms with Crippen LogP contribution in [0.3, 0.4) is 0 Å². The Bertz CT molecular complexity index is 669. The molecule has 6 heteroatoms. The van der Waals surface area contributed by atoms with Crippen LogP contribution in [0.1, 0.15) is 5.69 Å². The molecular formula is C17H20FN3O2. The zero-order valence-electron chi connectivity index (χ0n) is 13.0.